The maximum atomic E-state index is 12.1. The second kappa shape index (κ2) is 18.1. The average molecular weight is 567 g/mol. The Morgan fingerprint density at radius 3 is 1.57 bits per heavy atom. The minimum absolute atomic E-state index is 0.0425. The summed E-state index contributed by atoms with van der Waals surface area (Å²) in [5.74, 6) is 0.272. The van der Waals surface area contributed by atoms with Crippen LogP contribution in [-0.2, 0) is 4.79 Å². The van der Waals surface area contributed by atoms with Crippen molar-refractivity contribution in [1.82, 2.24) is 0 Å². The number of Topliss-reactive ketones (excluding diaryl/α,β-unsaturated/α-hetero) is 1. The molecule has 0 spiro atoms. The van der Waals surface area contributed by atoms with Gasteiger partial charge in [0.05, 0.1) is 5.60 Å². The summed E-state index contributed by atoms with van der Waals surface area (Å²) < 4.78 is 0. The summed E-state index contributed by atoms with van der Waals surface area (Å²) in [5, 5.41) is 9.77. The number of rotatable bonds is 13. The number of carbonyl (C=O) groups is 1. The van der Waals surface area contributed by atoms with Gasteiger partial charge in [-0.25, -0.2) is 0 Å². The summed E-state index contributed by atoms with van der Waals surface area (Å²) in [4.78, 5) is 12.1. The van der Waals surface area contributed by atoms with Gasteiger partial charge in [-0.1, -0.05) is 145 Å². The molecule has 2 heteroatoms. The topological polar surface area (TPSA) is 37.3 Å². The fourth-order valence-corrected chi connectivity index (χ4v) is 4.25. The number of aliphatic hydroxyl groups is 1. The standard InChI is InChI=1S/C40H54O2/c1-31(19-13-21-33(3)22-14-23-34(4)25-16-29-40(9,10)42)17-11-12-18-32(2)20-15-24-35(5)26-27-37-36(6)38(41)28-30-39(37,7)8/h11-27,42H,28-30H2,1-10H3/b12-11+,19-13+,20-15+,22-14+,25-16?,27-26+,31-17+,32-18+,33-21+,34-23?,35-24+. The predicted molar refractivity (Wildman–Crippen MR) is 185 cm³/mol. The van der Waals surface area contributed by atoms with Crippen LogP contribution in [0.25, 0.3) is 0 Å². The van der Waals surface area contributed by atoms with Crippen LogP contribution in [0.3, 0.4) is 0 Å². The van der Waals surface area contributed by atoms with Crippen LogP contribution in [0.2, 0.25) is 0 Å². The highest BCUT2D eigenvalue weighted by Crippen LogP contribution is 2.39. The van der Waals surface area contributed by atoms with E-state index in [1.54, 1.807) is 0 Å². The molecule has 0 atom stereocenters. The van der Waals surface area contributed by atoms with Crippen LogP contribution < -0.4 is 0 Å². The second-order valence-electron chi connectivity index (χ2n) is 12.6. The molecule has 0 aromatic heterocycles. The minimum Gasteiger partial charge on any atom is -0.390 e. The predicted octanol–water partition coefficient (Wildman–Crippen LogP) is 10.9. The van der Waals surface area contributed by atoms with E-state index in [1.165, 1.54) is 16.7 Å². The van der Waals surface area contributed by atoms with Crippen LogP contribution in [0.4, 0.5) is 0 Å². The zero-order valence-electron chi connectivity index (χ0n) is 27.8. The minimum atomic E-state index is -0.668. The number of allylic oxidation sites excluding steroid dienone is 23. The highest BCUT2D eigenvalue weighted by atomic mass is 16.3. The van der Waals surface area contributed by atoms with Crippen LogP contribution in [0.5, 0.6) is 0 Å². The van der Waals surface area contributed by atoms with Gasteiger partial charge >= 0.3 is 0 Å². The molecule has 1 aliphatic carbocycles. The van der Waals surface area contributed by atoms with Gasteiger partial charge in [0.25, 0.3) is 0 Å². The Morgan fingerprint density at radius 1 is 0.714 bits per heavy atom. The number of carbonyl (C=O) groups excluding carboxylic acids is 1. The van der Waals surface area contributed by atoms with Crippen molar-refractivity contribution in [2.24, 2.45) is 5.41 Å². The first-order chi connectivity index (χ1) is 19.6. The summed E-state index contributed by atoms with van der Waals surface area (Å²) in [5.41, 5.74) is 7.25. The van der Waals surface area contributed by atoms with Crippen molar-refractivity contribution in [3.8, 4) is 0 Å². The molecule has 0 radical (unpaired) electrons. The summed E-state index contributed by atoms with van der Waals surface area (Å²) in [6.07, 6.45) is 37.5. The third kappa shape index (κ3) is 16.1. The summed E-state index contributed by atoms with van der Waals surface area (Å²) >= 11 is 0. The quantitative estimate of drug-likeness (QED) is 0.225. The van der Waals surface area contributed by atoms with E-state index in [0.29, 0.717) is 12.8 Å². The molecule has 0 amide bonds. The van der Waals surface area contributed by atoms with Crippen molar-refractivity contribution in [1.29, 1.82) is 0 Å². The van der Waals surface area contributed by atoms with Gasteiger partial charge in [0, 0.05) is 6.42 Å². The highest BCUT2D eigenvalue weighted by molar-refractivity contribution is 5.97. The van der Waals surface area contributed by atoms with Crippen molar-refractivity contribution >= 4 is 5.78 Å². The maximum absolute atomic E-state index is 12.1. The lowest BCUT2D eigenvalue weighted by molar-refractivity contribution is -0.116. The normalized spacial score (nSPS) is 19.0. The zero-order chi connectivity index (χ0) is 31.8. The van der Waals surface area contributed by atoms with E-state index in [1.807, 2.05) is 39.0 Å². The van der Waals surface area contributed by atoms with Gasteiger partial charge < -0.3 is 5.11 Å². The molecule has 0 saturated carbocycles. The Kier molecular flexibility index (Phi) is 15.8. The Hall–Kier alpha value is -3.49. The Bertz CT molecular complexity index is 1290. The molecule has 0 aromatic rings. The lowest BCUT2D eigenvalue weighted by Gasteiger charge is -2.32. The number of hydrogen-bond donors (Lipinski definition) is 1. The molecule has 1 rings (SSSR count). The van der Waals surface area contributed by atoms with E-state index >= 15 is 0 Å². The summed E-state index contributed by atoms with van der Waals surface area (Å²) in [6.45, 7) is 20.4. The summed E-state index contributed by atoms with van der Waals surface area (Å²) in [7, 11) is 0. The molecule has 0 aromatic carbocycles. The van der Waals surface area contributed by atoms with Crippen molar-refractivity contribution < 1.29 is 9.90 Å². The first kappa shape index (κ1) is 36.5. The molecule has 0 bridgehead atoms. The largest absolute Gasteiger partial charge is 0.390 e. The molecule has 1 N–H and O–H groups in total. The molecular weight excluding hydrogens is 512 g/mol. The number of ketones is 1. The second-order valence-corrected chi connectivity index (χ2v) is 12.6. The first-order valence-electron chi connectivity index (χ1n) is 15.0. The molecule has 42 heavy (non-hydrogen) atoms. The first-order valence-corrected chi connectivity index (χ1v) is 15.0. The van der Waals surface area contributed by atoms with Gasteiger partial charge in [-0.2, -0.15) is 0 Å². The molecule has 0 fully saturated rings. The molecule has 1 aliphatic rings. The van der Waals surface area contributed by atoms with Crippen LogP contribution in [0.1, 0.15) is 88.5 Å². The third-order valence-corrected chi connectivity index (χ3v) is 7.02. The summed E-state index contributed by atoms with van der Waals surface area (Å²) in [6, 6.07) is 0. The van der Waals surface area contributed by atoms with E-state index < -0.39 is 5.60 Å². The van der Waals surface area contributed by atoms with Crippen LogP contribution in [0.15, 0.2) is 142 Å². The lowest BCUT2D eigenvalue weighted by atomic mass is 9.72. The smallest absolute Gasteiger partial charge is 0.158 e. The van der Waals surface area contributed by atoms with Gasteiger partial charge in [-0.05, 0) is 84.8 Å². The molecule has 0 unspecified atom stereocenters. The van der Waals surface area contributed by atoms with Crippen molar-refractivity contribution in [2.45, 2.75) is 94.1 Å². The number of hydrogen-bond acceptors (Lipinski definition) is 2. The zero-order valence-corrected chi connectivity index (χ0v) is 27.8. The Morgan fingerprint density at radius 2 is 1.12 bits per heavy atom. The SMILES string of the molecule is CC(C=CCC(C)(C)O)=C/C=C/C(C)=C/C=C/C(C)=C/C=C/C=C(C)/C=C/C=C(C)/C=C/C1=C(C)C(=O)CCC1(C)C. The molecular formula is C40H54O2. The van der Waals surface area contributed by atoms with Crippen LogP contribution in [0, 0.1) is 5.41 Å². The lowest BCUT2D eigenvalue weighted by Crippen LogP contribution is -2.24. The molecule has 2 nitrogen and oxygen atoms in total. The van der Waals surface area contributed by atoms with E-state index in [2.05, 4.69) is 134 Å². The van der Waals surface area contributed by atoms with E-state index in [4.69, 9.17) is 0 Å². The average Bonchev–Trinajstić information content (AvgIpc) is 2.88. The Labute approximate surface area is 257 Å². The Balaban J connectivity index is 2.63. The van der Waals surface area contributed by atoms with E-state index in [0.717, 1.165) is 28.7 Å². The van der Waals surface area contributed by atoms with Gasteiger partial charge in [-0.15, -0.1) is 0 Å². The van der Waals surface area contributed by atoms with Gasteiger partial charge in [-0.3, -0.25) is 4.79 Å². The molecule has 226 valence electrons. The fraction of sp³-hybridized carbons (Fsp3) is 0.375. The van der Waals surface area contributed by atoms with Crippen molar-refractivity contribution in [3.05, 3.63) is 142 Å². The fourth-order valence-electron chi connectivity index (χ4n) is 4.25. The van der Waals surface area contributed by atoms with Gasteiger partial charge in [0.2, 0.25) is 0 Å². The molecule has 0 heterocycles. The van der Waals surface area contributed by atoms with Crippen LogP contribution in [-0.4, -0.2) is 16.5 Å². The molecule has 0 aliphatic heterocycles. The van der Waals surface area contributed by atoms with Crippen molar-refractivity contribution in [2.75, 3.05) is 0 Å². The highest BCUT2D eigenvalue weighted by Gasteiger charge is 2.30. The molecule has 0 saturated heterocycles. The third-order valence-electron chi connectivity index (χ3n) is 7.02. The van der Waals surface area contributed by atoms with Crippen LogP contribution >= 0.6 is 0 Å². The maximum Gasteiger partial charge on any atom is 0.158 e. The monoisotopic (exact) mass is 566 g/mol. The van der Waals surface area contributed by atoms with Gasteiger partial charge in [0.1, 0.15) is 0 Å². The van der Waals surface area contributed by atoms with E-state index in [9.17, 15) is 9.90 Å². The van der Waals surface area contributed by atoms with E-state index in [-0.39, 0.29) is 11.2 Å². The van der Waals surface area contributed by atoms with Crippen molar-refractivity contribution in [3.63, 3.8) is 0 Å². The van der Waals surface area contributed by atoms with Gasteiger partial charge in [0.15, 0.2) is 5.78 Å².